The third kappa shape index (κ3) is 6.14. The summed E-state index contributed by atoms with van der Waals surface area (Å²) in [6.07, 6.45) is 12.9. The van der Waals surface area contributed by atoms with Crippen molar-refractivity contribution in [3.05, 3.63) is 0 Å². The summed E-state index contributed by atoms with van der Waals surface area (Å²) < 4.78 is 5.46. The Labute approximate surface area is 99.8 Å². The Hall–Kier alpha value is -0.530. The molecule has 0 aliphatic carbocycles. The highest BCUT2D eigenvalue weighted by Gasteiger charge is 2.16. The monoisotopic (exact) mass is 226 g/mol. The van der Waals surface area contributed by atoms with Gasteiger partial charge in [-0.2, -0.15) is 0 Å². The number of cyclic esters (lactones) is 1. The van der Waals surface area contributed by atoms with E-state index in [4.69, 9.17) is 4.74 Å². The van der Waals surface area contributed by atoms with Crippen molar-refractivity contribution in [1.29, 1.82) is 0 Å². The number of unbranched alkanes of at least 4 members (excludes halogenated alkanes) is 4. The molecule has 1 aliphatic heterocycles. The summed E-state index contributed by atoms with van der Waals surface area (Å²) in [5.41, 5.74) is 0. The molecule has 94 valence electrons. The molecule has 1 rings (SSSR count). The lowest BCUT2D eigenvalue weighted by atomic mass is 10.0. The van der Waals surface area contributed by atoms with E-state index in [1.165, 1.54) is 44.9 Å². The number of carbonyl (C=O) groups is 1. The van der Waals surface area contributed by atoms with Gasteiger partial charge in [-0.25, -0.2) is 0 Å². The zero-order valence-electron chi connectivity index (χ0n) is 10.7. The Balaban J connectivity index is 2.10. The van der Waals surface area contributed by atoms with Gasteiger partial charge in [0.1, 0.15) is 6.10 Å². The predicted molar refractivity (Wildman–Crippen MR) is 66.3 cm³/mol. The Bertz CT molecular complexity index is 189. The number of hydrogen-bond acceptors (Lipinski definition) is 2. The average Bonchev–Trinajstić information content (AvgIpc) is 2.24. The largest absolute Gasteiger partial charge is 0.462 e. The first-order valence-electron chi connectivity index (χ1n) is 7.02. The molecule has 0 bridgehead atoms. The Morgan fingerprint density at radius 1 is 1.12 bits per heavy atom. The summed E-state index contributed by atoms with van der Waals surface area (Å²) in [6.45, 7) is 2.23. The van der Waals surface area contributed by atoms with Crippen LogP contribution >= 0.6 is 0 Å². The van der Waals surface area contributed by atoms with Crippen LogP contribution in [0.1, 0.15) is 77.6 Å². The third-order valence-corrected chi connectivity index (χ3v) is 3.33. The van der Waals surface area contributed by atoms with Crippen LogP contribution in [-0.4, -0.2) is 12.1 Å². The van der Waals surface area contributed by atoms with E-state index < -0.39 is 0 Å². The average molecular weight is 226 g/mol. The third-order valence-electron chi connectivity index (χ3n) is 3.33. The van der Waals surface area contributed by atoms with Crippen LogP contribution in [0.15, 0.2) is 0 Å². The van der Waals surface area contributed by atoms with Crippen molar-refractivity contribution in [1.82, 2.24) is 0 Å². The molecule has 0 aromatic heterocycles. The van der Waals surface area contributed by atoms with Crippen LogP contribution in [0.5, 0.6) is 0 Å². The number of ether oxygens (including phenoxy) is 1. The van der Waals surface area contributed by atoms with E-state index in [-0.39, 0.29) is 12.1 Å². The van der Waals surface area contributed by atoms with Gasteiger partial charge in [0.25, 0.3) is 0 Å². The van der Waals surface area contributed by atoms with Crippen molar-refractivity contribution >= 4 is 5.97 Å². The molecule has 2 nitrogen and oxygen atoms in total. The van der Waals surface area contributed by atoms with Gasteiger partial charge in [-0.3, -0.25) is 4.79 Å². The van der Waals surface area contributed by atoms with E-state index in [0.29, 0.717) is 6.42 Å². The van der Waals surface area contributed by atoms with E-state index in [0.717, 1.165) is 19.3 Å². The smallest absolute Gasteiger partial charge is 0.306 e. The van der Waals surface area contributed by atoms with Gasteiger partial charge in [0.2, 0.25) is 0 Å². The van der Waals surface area contributed by atoms with Crippen molar-refractivity contribution in [2.75, 3.05) is 0 Å². The summed E-state index contributed by atoms with van der Waals surface area (Å²) in [6, 6.07) is 0. The van der Waals surface area contributed by atoms with E-state index in [9.17, 15) is 4.79 Å². The maximum atomic E-state index is 11.4. The normalized spacial score (nSPS) is 22.3. The van der Waals surface area contributed by atoms with Crippen molar-refractivity contribution < 1.29 is 9.53 Å². The Kier molecular flexibility index (Phi) is 7.28. The Morgan fingerprint density at radius 3 is 2.75 bits per heavy atom. The van der Waals surface area contributed by atoms with Crippen LogP contribution in [0.3, 0.4) is 0 Å². The molecule has 1 aliphatic rings. The van der Waals surface area contributed by atoms with Crippen LogP contribution in [0.4, 0.5) is 0 Å². The van der Waals surface area contributed by atoms with Crippen LogP contribution in [0.2, 0.25) is 0 Å². The summed E-state index contributed by atoms with van der Waals surface area (Å²) in [4.78, 5) is 11.4. The lowest BCUT2D eigenvalue weighted by Crippen LogP contribution is -2.20. The highest BCUT2D eigenvalue weighted by atomic mass is 16.5. The second kappa shape index (κ2) is 8.60. The van der Waals surface area contributed by atoms with E-state index >= 15 is 0 Å². The zero-order chi connectivity index (χ0) is 11.6. The molecule has 16 heavy (non-hydrogen) atoms. The van der Waals surface area contributed by atoms with Crippen LogP contribution in [-0.2, 0) is 9.53 Å². The van der Waals surface area contributed by atoms with Crippen LogP contribution in [0, 0.1) is 0 Å². The van der Waals surface area contributed by atoms with Gasteiger partial charge >= 0.3 is 5.97 Å². The fourth-order valence-electron chi connectivity index (χ4n) is 2.30. The number of esters is 1. The minimum atomic E-state index is 0.0262. The topological polar surface area (TPSA) is 26.3 Å². The van der Waals surface area contributed by atoms with Crippen LogP contribution < -0.4 is 0 Å². The highest BCUT2D eigenvalue weighted by Crippen LogP contribution is 2.19. The summed E-state index contributed by atoms with van der Waals surface area (Å²) in [7, 11) is 0. The van der Waals surface area contributed by atoms with Gasteiger partial charge in [0.15, 0.2) is 0 Å². The van der Waals surface area contributed by atoms with Crippen molar-refractivity contribution in [3.8, 4) is 0 Å². The van der Waals surface area contributed by atoms with Crippen molar-refractivity contribution in [3.63, 3.8) is 0 Å². The van der Waals surface area contributed by atoms with Gasteiger partial charge in [-0.1, -0.05) is 39.0 Å². The van der Waals surface area contributed by atoms with E-state index in [2.05, 4.69) is 6.92 Å². The van der Waals surface area contributed by atoms with Gasteiger partial charge < -0.3 is 4.74 Å². The van der Waals surface area contributed by atoms with Crippen molar-refractivity contribution in [2.45, 2.75) is 83.7 Å². The molecular formula is C14H26O2. The molecule has 0 aromatic rings. The molecule has 0 saturated carbocycles. The minimum Gasteiger partial charge on any atom is -0.462 e. The lowest BCUT2D eigenvalue weighted by Gasteiger charge is -2.20. The number of carbonyl (C=O) groups excluding carboxylic acids is 1. The van der Waals surface area contributed by atoms with Gasteiger partial charge in [0.05, 0.1) is 0 Å². The highest BCUT2D eigenvalue weighted by molar-refractivity contribution is 5.69. The molecule has 0 N–H and O–H groups in total. The van der Waals surface area contributed by atoms with E-state index in [1.807, 2.05) is 0 Å². The zero-order valence-corrected chi connectivity index (χ0v) is 10.7. The SMILES string of the molecule is CCCCCCCC1CCCCCC(=O)O1. The van der Waals surface area contributed by atoms with Gasteiger partial charge in [-0.05, 0) is 32.1 Å². The minimum absolute atomic E-state index is 0.0262. The van der Waals surface area contributed by atoms with E-state index in [1.54, 1.807) is 0 Å². The first-order chi connectivity index (χ1) is 7.83. The second-order valence-electron chi connectivity index (χ2n) is 4.91. The molecule has 1 unspecified atom stereocenters. The van der Waals surface area contributed by atoms with Crippen LogP contribution in [0.25, 0.3) is 0 Å². The first kappa shape index (κ1) is 13.5. The van der Waals surface area contributed by atoms with Crippen molar-refractivity contribution in [2.24, 2.45) is 0 Å². The number of hydrogen-bond donors (Lipinski definition) is 0. The maximum absolute atomic E-state index is 11.4. The van der Waals surface area contributed by atoms with Gasteiger partial charge in [-0.15, -0.1) is 0 Å². The molecule has 1 fully saturated rings. The maximum Gasteiger partial charge on any atom is 0.306 e. The molecule has 1 heterocycles. The summed E-state index contributed by atoms with van der Waals surface area (Å²) in [5, 5.41) is 0. The number of rotatable bonds is 6. The molecule has 0 spiro atoms. The molecule has 0 aromatic carbocycles. The molecule has 2 heteroatoms. The quantitative estimate of drug-likeness (QED) is 0.500. The van der Waals surface area contributed by atoms with Gasteiger partial charge in [0, 0.05) is 6.42 Å². The molecule has 0 amide bonds. The molecule has 1 saturated heterocycles. The second-order valence-corrected chi connectivity index (χ2v) is 4.91. The molecule has 1 atom stereocenters. The molecular weight excluding hydrogens is 200 g/mol. The predicted octanol–water partition coefficient (Wildman–Crippen LogP) is 4.22. The summed E-state index contributed by atoms with van der Waals surface area (Å²) in [5.74, 6) is 0.0262. The lowest BCUT2D eigenvalue weighted by molar-refractivity contribution is -0.150. The molecule has 0 radical (unpaired) electrons. The standard InChI is InChI=1S/C14H26O2/c1-2-3-4-5-7-10-13-11-8-6-9-12-14(15)16-13/h13H,2-12H2,1H3. The summed E-state index contributed by atoms with van der Waals surface area (Å²) >= 11 is 0. The fourth-order valence-corrected chi connectivity index (χ4v) is 2.30. The first-order valence-corrected chi connectivity index (χ1v) is 7.02. The Morgan fingerprint density at radius 2 is 1.94 bits per heavy atom. The fraction of sp³-hybridized carbons (Fsp3) is 0.929.